The second kappa shape index (κ2) is 21.3. The highest BCUT2D eigenvalue weighted by Crippen LogP contribution is 2.43. The highest BCUT2D eigenvalue weighted by atomic mass is 16.5. The van der Waals surface area contributed by atoms with Gasteiger partial charge in [-0.05, 0) is 111 Å². The molecule has 4 atom stereocenters. The zero-order valence-electron chi connectivity index (χ0n) is 36.1. The fourth-order valence-corrected chi connectivity index (χ4v) is 7.88. The number of hydrogen-bond donors (Lipinski definition) is 2. The molecular formula is C52H54N2O10. The molecule has 12 nitrogen and oxygen atoms in total. The number of carbonyl (C=O) groups is 4. The molecule has 2 saturated carbocycles. The van der Waals surface area contributed by atoms with E-state index in [9.17, 15) is 19.2 Å². The number of ether oxygens (including phenoxy) is 2. The molecule has 64 heavy (non-hydrogen) atoms. The summed E-state index contributed by atoms with van der Waals surface area (Å²) in [7, 11) is 3.55. The second-order valence-corrected chi connectivity index (χ2v) is 16.5. The van der Waals surface area contributed by atoms with E-state index >= 15 is 0 Å². The minimum Gasteiger partial charge on any atom is -0.493 e. The van der Waals surface area contributed by atoms with Gasteiger partial charge in [0.15, 0.2) is 0 Å². The van der Waals surface area contributed by atoms with Crippen LogP contribution in [0, 0.1) is 23.7 Å². The molecule has 0 saturated heterocycles. The molecule has 2 heterocycles. The minimum absolute atomic E-state index is 0.0701. The summed E-state index contributed by atoms with van der Waals surface area (Å²) in [6, 6.07) is 37.6. The second-order valence-electron chi connectivity index (χ2n) is 16.5. The Bertz CT molecular complexity index is 2290. The predicted molar refractivity (Wildman–Crippen MR) is 241 cm³/mol. The molecule has 0 radical (unpaired) electrons. The van der Waals surface area contributed by atoms with E-state index in [0.717, 1.165) is 83.8 Å². The maximum absolute atomic E-state index is 12.9. The summed E-state index contributed by atoms with van der Waals surface area (Å²) in [4.78, 5) is 51.0. The molecule has 4 aromatic carbocycles. The van der Waals surface area contributed by atoms with Gasteiger partial charge in [-0.15, -0.1) is 0 Å². The van der Waals surface area contributed by atoms with Crippen LogP contribution in [0.5, 0.6) is 11.5 Å². The van der Waals surface area contributed by atoms with Gasteiger partial charge in [0.2, 0.25) is 0 Å². The number of aliphatic carboxylic acids is 2. The average Bonchev–Trinajstić information content (AvgIpc) is 4.11. The number of carbonyl (C=O) groups excluding carboxylic acids is 2. The van der Waals surface area contributed by atoms with Crippen molar-refractivity contribution in [3.8, 4) is 34.1 Å². The number of carboxylic acids is 2. The zero-order valence-corrected chi connectivity index (χ0v) is 36.1. The Morgan fingerprint density at radius 2 is 0.938 bits per heavy atom. The van der Waals surface area contributed by atoms with Crippen LogP contribution in [0.2, 0.25) is 0 Å². The van der Waals surface area contributed by atoms with Gasteiger partial charge in [0.05, 0.1) is 37.6 Å². The van der Waals surface area contributed by atoms with Gasteiger partial charge in [-0.25, -0.2) is 0 Å². The lowest BCUT2D eigenvalue weighted by atomic mass is 10.1. The first-order valence-electron chi connectivity index (χ1n) is 21.7. The topological polar surface area (TPSA) is 160 Å². The molecule has 2 aliphatic carbocycles. The van der Waals surface area contributed by atoms with Crippen LogP contribution >= 0.6 is 0 Å². The zero-order chi connectivity index (χ0) is 45.0. The molecule has 0 aliphatic heterocycles. The van der Waals surface area contributed by atoms with E-state index in [2.05, 4.69) is 0 Å². The van der Waals surface area contributed by atoms with Crippen molar-refractivity contribution in [1.82, 2.24) is 9.80 Å². The van der Waals surface area contributed by atoms with Gasteiger partial charge < -0.3 is 38.3 Å². The molecule has 2 aromatic heterocycles. The number of nitrogens with zero attached hydrogens (tertiary/aromatic N) is 2. The highest BCUT2D eigenvalue weighted by molar-refractivity contribution is 5.95. The fourth-order valence-electron chi connectivity index (χ4n) is 7.88. The number of para-hydroxylation sites is 2. The summed E-state index contributed by atoms with van der Waals surface area (Å²) in [5.41, 5.74) is 4.94. The van der Waals surface area contributed by atoms with Crippen LogP contribution in [0.15, 0.2) is 143 Å². The molecule has 2 unspecified atom stereocenters. The molecule has 2 N–H and O–H groups in total. The van der Waals surface area contributed by atoms with Gasteiger partial charge in [-0.3, -0.25) is 19.2 Å². The number of amides is 2. The lowest BCUT2D eigenvalue weighted by Gasteiger charge is -2.19. The van der Waals surface area contributed by atoms with Crippen LogP contribution in [-0.2, 0) is 22.7 Å². The first-order chi connectivity index (χ1) is 31.0. The Morgan fingerprint density at radius 1 is 0.547 bits per heavy atom. The number of hydrogen-bond acceptors (Lipinski definition) is 8. The van der Waals surface area contributed by atoms with Crippen molar-refractivity contribution in [1.29, 1.82) is 0 Å². The van der Waals surface area contributed by atoms with Crippen molar-refractivity contribution < 1.29 is 47.7 Å². The standard InChI is InChI=1S/2C26H27NO5/c2*1-27(25(28)19-12-10-18(11-13-19)23-9-5-15-31-23)17-21-6-2-3-8-24(21)32-14-4-7-20-16-22(20)26(29)30/h2*2-3,5-6,8-13,15,20,22H,4,7,14,16-17H2,1H3,(H,29,30)/t2*20-,22?/m10/s1. The Labute approximate surface area is 373 Å². The quantitative estimate of drug-likeness (QED) is 0.0707. The van der Waals surface area contributed by atoms with E-state index in [0.29, 0.717) is 37.4 Å². The van der Waals surface area contributed by atoms with E-state index < -0.39 is 11.9 Å². The molecule has 0 bridgehead atoms. The van der Waals surface area contributed by atoms with Crippen molar-refractivity contribution in [3.05, 3.63) is 156 Å². The Morgan fingerprint density at radius 3 is 1.28 bits per heavy atom. The smallest absolute Gasteiger partial charge is 0.306 e. The van der Waals surface area contributed by atoms with Gasteiger partial charge in [-0.2, -0.15) is 0 Å². The van der Waals surface area contributed by atoms with Crippen molar-refractivity contribution >= 4 is 23.8 Å². The Hall–Kier alpha value is -7.08. The van der Waals surface area contributed by atoms with E-state index in [-0.39, 0.29) is 35.5 Å². The van der Waals surface area contributed by atoms with Crippen molar-refractivity contribution in [2.24, 2.45) is 23.7 Å². The molecule has 2 aliphatic rings. The molecular weight excluding hydrogens is 813 g/mol. The van der Waals surface area contributed by atoms with Crippen LogP contribution in [0.25, 0.3) is 22.6 Å². The summed E-state index contributed by atoms with van der Waals surface area (Å²) >= 11 is 0. The fraction of sp³-hybridized carbons (Fsp3) is 0.308. The molecule has 2 fully saturated rings. The number of benzene rings is 4. The van der Waals surface area contributed by atoms with E-state index in [1.54, 1.807) is 60.7 Å². The minimum atomic E-state index is -0.690. The molecule has 6 aromatic rings. The molecule has 2 amide bonds. The Kier molecular flexibility index (Phi) is 15.0. The van der Waals surface area contributed by atoms with Gasteiger partial charge in [0, 0.05) is 60.6 Å². The van der Waals surface area contributed by atoms with Crippen LogP contribution in [0.4, 0.5) is 0 Å². The van der Waals surface area contributed by atoms with Crippen LogP contribution < -0.4 is 9.47 Å². The van der Waals surface area contributed by atoms with Crippen molar-refractivity contribution in [2.75, 3.05) is 27.3 Å². The Balaban J connectivity index is 0.000000191. The third-order valence-electron chi connectivity index (χ3n) is 11.8. The predicted octanol–water partition coefficient (Wildman–Crippen LogP) is 10.2. The van der Waals surface area contributed by atoms with E-state index in [4.69, 9.17) is 28.5 Å². The van der Waals surface area contributed by atoms with Crippen LogP contribution in [0.3, 0.4) is 0 Å². The highest BCUT2D eigenvalue weighted by Gasteiger charge is 2.43. The third-order valence-corrected chi connectivity index (χ3v) is 11.8. The summed E-state index contributed by atoms with van der Waals surface area (Å²) in [6.07, 6.45) is 8.18. The van der Waals surface area contributed by atoms with Crippen molar-refractivity contribution in [2.45, 2.75) is 51.6 Å². The normalized spacial score (nSPS) is 17.0. The van der Waals surface area contributed by atoms with Crippen LogP contribution in [-0.4, -0.2) is 71.1 Å². The maximum atomic E-state index is 12.9. The lowest BCUT2D eigenvalue weighted by Crippen LogP contribution is -2.26. The first-order valence-corrected chi connectivity index (χ1v) is 21.7. The van der Waals surface area contributed by atoms with Gasteiger partial charge in [-0.1, -0.05) is 60.7 Å². The molecule has 12 heteroatoms. The van der Waals surface area contributed by atoms with E-state index in [1.807, 2.05) is 97.1 Å². The molecule has 0 spiro atoms. The van der Waals surface area contributed by atoms with Crippen LogP contribution in [0.1, 0.15) is 70.4 Å². The number of carboxylic acid groups (broad SMARTS) is 2. The summed E-state index contributed by atoms with van der Waals surface area (Å²) < 4.78 is 22.7. The third kappa shape index (κ3) is 12.1. The van der Waals surface area contributed by atoms with Gasteiger partial charge in [0.1, 0.15) is 23.0 Å². The molecule has 332 valence electrons. The van der Waals surface area contributed by atoms with Crippen molar-refractivity contribution in [3.63, 3.8) is 0 Å². The average molecular weight is 867 g/mol. The maximum Gasteiger partial charge on any atom is 0.306 e. The monoisotopic (exact) mass is 866 g/mol. The number of furan rings is 2. The SMILES string of the molecule is CN(Cc1ccccc1OCCC[C@@H]1CC1C(=O)O)C(=O)c1ccc(-c2ccco2)cc1.CN(Cc1ccccc1OCCC[C@H]1CC1C(=O)O)C(=O)c1ccc(-c2ccco2)cc1. The summed E-state index contributed by atoms with van der Waals surface area (Å²) in [6.45, 7) is 1.93. The summed E-state index contributed by atoms with van der Waals surface area (Å²) in [5, 5.41) is 18.0. The van der Waals surface area contributed by atoms with Gasteiger partial charge in [0.25, 0.3) is 11.8 Å². The largest absolute Gasteiger partial charge is 0.493 e. The first kappa shape index (κ1) is 45.0. The van der Waals surface area contributed by atoms with Gasteiger partial charge >= 0.3 is 11.9 Å². The van der Waals surface area contributed by atoms with E-state index in [1.165, 1.54) is 0 Å². The molecule has 8 rings (SSSR count). The number of rotatable bonds is 20. The lowest BCUT2D eigenvalue weighted by molar-refractivity contribution is -0.139. The summed E-state index contributed by atoms with van der Waals surface area (Å²) in [5.74, 6) is 1.75.